The van der Waals surface area contributed by atoms with Crippen molar-refractivity contribution in [3.05, 3.63) is 47.0 Å². The summed E-state index contributed by atoms with van der Waals surface area (Å²) in [5.41, 5.74) is 4.16. The predicted octanol–water partition coefficient (Wildman–Crippen LogP) is 5.75. The molecular formula is C19H24ClN3S. The zero-order valence-corrected chi connectivity index (χ0v) is 16.4. The molecule has 3 nitrogen and oxygen atoms in total. The molecule has 24 heavy (non-hydrogen) atoms. The summed E-state index contributed by atoms with van der Waals surface area (Å²) in [5.74, 6) is 0. The summed E-state index contributed by atoms with van der Waals surface area (Å²) in [5, 5.41) is 0.657. The lowest BCUT2D eigenvalue weighted by molar-refractivity contribution is 0.552. The Kier molecular flexibility index (Phi) is 6.58. The van der Waals surface area contributed by atoms with Gasteiger partial charge in [0.05, 0.1) is 17.0 Å². The van der Waals surface area contributed by atoms with Crippen molar-refractivity contribution in [1.29, 1.82) is 0 Å². The molecule has 0 spiro atoms. The average Bonchev–Trinajstić information content (AvgIpc) is 2.61. The molecule has 0 atom stereocenters. The molecule has 0 heterocycles. The summed E-state index contributed by atoms with van der Waals surface area (Å²) in [7, 11) is 4.05. The van der Waals surface area contributed by atoms with Crippen molar-refractivity contribution in [2.45, 2.75) is 18.7 Å². The maximum absolute atomic E-state index is 6.46. The van der Waals surface area contributed by atoms with Gasteiger partial charge in [0.25, 0.3) is 0 Å². The summed E-state index contributed by atoms with van der Waals surface area (Å²) in [6.45, 7) is 5.08. The monoisotopic (exact) mass is 361 g/mol. The van der Waals surface area contributed by atoms with E-state index in [9.17, 15) is 0 Å². The number of nitrogens with zero attached hydrogens (tertiary/aromatic N) is 3. The molecule has 0 bridgehead atoms. The maximum atomic E-state index is 6.46. The third-order valence-electron chi connectivity index (χ3n) is 3.96. The Hall–Kier alpha value is -1.65. The van der Waals surface area contributed by atoms with Gasteiger partial charge in [0.2, 0.25) is 0 Å². The minimum Gasteiger partial charge on any atom is -0.366 e. The Morgan fingerprint density at radius 2 is 1.96 bits per heavy atom. The number of hydrogen-bond acceptors (Lipinski definition) is 3. The van der Waals surface area contributed by atoms with Gasteiger partial charge in [-0.25, -0.2) is 4.99 Å². The number of aryl methyl sites for hydroxylation is 1. The molecule has 2 rings (SSSR count). The van der Waals surface area contributed by atoms with Gasteiger partial charge in [-0.3, -0.25) is 0 Å². The molecule has 0 aromatic heterocycles. The van der Waals surface area contributed by atoms with Crippen LogP contribution in [0.15, 0.2) is 46.3 Å². The zero-order chi connectivity index (χ0) is 17.7. The molecule has 0 amide bonds. The molecule has 0 radical (unpaired) electrons. The van der Waals surface area contributed by atoms with Crippen molar-refractivity contribution in [3.8, 4) is 0 Å². The van der Waals surface area contributed by atoms with E-state index in [2.05, 4.69) is 61.3 Å². The second kappa shape index (κ2) is 8.45. The summed E-state index contributed by atoms with van der Waals surface area (Å²) in [4.78, 5) is 9.90. The van der Waals surface area contributed by atoms with E-state index in [1.54, 1.807) is 11.8 Å². The van der Waals surface area contributed by atoms with Crippen LogP contribution in [0.2, 0.25) is 5.02 Å². The quantitative estimate of drug-likeness (QED) is 0.371. The van der Waals surface area contributed by atoms with Crippen molar-refractivity contribution in [3.63, 3.8) is 0 Å². The van der Waals surface area contributed by atoms with E-state index in [1.807, 2.05) is 30.4 Å². The van der Waals surface area contributed by atoms with E-state index in [0.717, 1.165) is 29.2 Å². The molecule has 0 aliphatic heterocycles. The molecule has 2 aromatic rings. The van der Waals surface area contributed by atoms with Crippen molar-refractivity contribution in [1.82, 2.24) is 4.90 Å². The van der Waals surface area contributed by atoms with E-state index in [-0.39, 0.29) is 0 Å². The molecule has 0 fully saturated rings. The molecule has 0 aliphatic carbocycles. The van der Waals surface area contributed by atoms with Gasteiger partial charge in [0.15, 0.2) is 0 Å². The molecule has 2 aromatic carbocycles. The van der Waals surface area contributed by atoms with Crippen molar-refractivity contribution < 1.29 is 0 Å². The third kappa shape index (κ3) is 4.46. The highest BCUT2D eigenvalue weighted by Gasteiger charge is 2.11. The lowest BCUT2D eigenvalue weighted by Gasteiger charge is -2.23. The Bertz CT molecular complexity index is 731. The topological polar surface area (TPSA) is 18.8 Å². The standard InChI is InChI=1S/C19H24ClN3S/c1-6-22(3)13-21-18-10-14(2)19(12-17(18)20)23(4)15-8-7-9-16(11-15)24-5/h7-13H,6H2,1-5H3. The van der Waals surface area contributed by atoms with E-state index < -0.39 is 0 Å². The van der Waals surface area contributed by atoms with Gasteiger partial charge in [0.1, 0.15) is 0 Å². The fourth-order valence-electron chi connectivity index (χ4n) is 2.32. The Morgan fingerprint density at radius 1 is 1.21 bits per heavy atom. The van der Waals surface area contributed by atoms with Crippen LogP contribution in [-0.4, -0.2) is 38.1 Å². The van der Waals surface area contributed by atoms with Crippen molar-refractivity contribution in [2.24, 2.45) is 4.99 Å². The first-order chi connectivity index (χ1) is 11.5. The zero-order valence-electron chi connectivity index (χ0n) is 14.9. The third-order valence-corrected chi connectivity index (χ3v) is 4.99. The van der Waals surface area contributed by atoms with E-state index in [4.69, 9.17) is 11.6 Å². The second-order valence-corrected chi connectivity index (χ2v) is 6.96. The summed E-state index contributed by atoms with van der Waals surface area (Å²) in [6, 6.07) is 12.5. The van der Waals surface area contributed by atoms with Crippen LogP contribution < -0.4 is 4.90 Å². The number of anilines is 2. The first-order valence-corrected chi connectivity index (χ1v) is 9.49. The van der Waals surface area contributed by atoms with E-state index in [0.29, 0.717) is 5.02 Å². The molecule has 128 valence electrons. The van der Waals surface area contributed by atoms with Gasteiger partial charge in [-0.15, -0.1) is 11.8 Å². The van der Waals surface area contributed by atoms with Crippen molar-refractivity contribution in [2.75, 3.05) is 31.8 Å². The van der Waals surface area contributed by atoms with Crippen LogP contribution >= 0.6 is 23.4 Å². The average molecular weight is 362 g/mol. The number of benzene rings is 2. The molecule has 0 N–H and O–H groups in total. The molecule has 0 aliphatic rings. The Labute approximate surface area is 154 Å². The normalized spacial score (nSPS) is 11.1. The molecule has 5 heteroatoms. The lowest BCUT2D eigenvalue weighted by Crippen LogP contribution is -2.14. The van der Waals surface area contributed by atoms with Crippen LogP contribution in [0, 0.1) is 6.92 Å². The largest absolute Gasteiger partial charge is 0.366 e. The van der Waals surface area contributed by atoms with Crippen LogP contribution in [-0.2, 0) is 0 Å². The number of halogens is 1. The highest BCUT2D eigenvalue weighted by atomic mass is 35.5. The summed E-state index contributed by atoms with van der Waals surface area (Å²) < 4.78 is 0. The van der Waals surface area contributed by atoms with E-state index >= 15 is 0 Å². The van der Waals surface area contributed by atoms with Crippen LogP contribution in [0.25, 0.3) is 0 Å². The summed E-state index contributed by atoms with van der Waals surface area (Å²) in [6.07, 6.45) is 3.90. The highest BCUT2D eigenvalue weighted by Crippen LogP contribution is 2.36. The van der Waals surface area contributed by atoms with Crippen LogP contribution in [0.5, 0.6) is 0 Å². The van der Waals surface area contributed by atoms with E-state index in [1.165, 1.54) is 4.90 Å². The Morgan fingerprint density at radius 3 is 2.62 bits per heavy atom. The molecule has 0 saturated heterocycles. The lowest BCUT2D eigenvalue weighted by atomic mass is 10.1. The number of hydrogen-bond donors (Lipinski definition) is 0. The van der Waals surface area contributed by atoms with Crippen molar-refractivity contribution >= 4 is 46.8 Å². The predicted molar refractivity (Wildman–Crippen MR) is 109 cm³/mol. The Balaban J connectivity index is 2.34. The fraction of sp³-hybridized carbons (Fsp3) is 0.316. The van der Waals surface area contributed by atoms with Crippen LogP contribution in [0.3, 0.4) is 0 Å². The van der Waals surface area contributed by atoms with Crippen LogP contribution in [0.4, 0.5) is 17.1 Å². The van der Waals surface area contributed by atoms with Gasteiger partial charge < -0.3 is 9.80 Å². The molecule has 0 saturated carbocycles. The van der Waals surface area contributed by atoms with Gasteiger partial charge in [-0.05, 0) is 56.0 Å². The number of rotatable bonds is 6. The van der Waals surface area contributed by atoms with Gasteiger partial charge in [-0.1, -0.05) is 17.7 Å². The minimum absolute atomic E-state index is 0.657. The van der Waals surface area contributed by atoms with Gasteiger partial charge in [0, 0.05) is 36.9 Å². The first kappa shape index (κ1) is 18.7. The maximum Gasteiger partial charge on any atom is 0.0910 e. The van der Waals surface area contributed by atoms with Crippen LogP contribution in [0.1, 0.15) is 12.5 Å². The highest BCUT2D eigenvalue weighted by molar-refractivity contribution is 7.98. The summed E-state index contributed by atoms with van der Waals surface area (Å²) >= 11 is 8.20. The SMILES string of the molecule is CCN(C)C=Nc1cc(C)c(N(C)c2cccc(SC)c2)cc1Cl. The fourth-order valence-corrected chi connectivity index (χ4v) is 2.98. The van der Waals surface area contributed by atoms with Gasteiger partial charge >= 0.3 is 0 Å². The molecule has 0 unspecified atom stereocenters. The molecular weight excluding hydrogens is 338 g/mol. The smallest absolute Gasteiger partial charge is 0.0910 e. The number of aliphatic imine (C=N–C) groups is 1. The van der Waals surface area contributed by atoms with Gasteiger partial charge in [-0.2, -0.15) is 0 Å². The second-order valence-electron chi connectivity index (χ2n) is 5.67. The number of thioether (sulfide) groups is 1. The minimum atomic E-state index is 0.657. The first-order valence-electron chi connectivity index (χ1n) is 7.88.